The van der Waals surface area contributed by atoms with E-state index in [-0.39, 0.29) is 12.0 Å². The Labute approximate surface area is 186 Å². The predicted molar refractivity (Wildman–Crippen MR) is 122 cm³/mol. The Morgan fingerprint density at radius 3 is 2.87 bits per heavy atom. The zero-order chi connectivity index (χ0) is 21.2. The minimum atomic E-state index is -0.152. The van der Waals surface area contributed by atoms with Gasteiger partial charge in [0.15, 0.2) is 17.6 Å². The van der Waals surface area contributed by atoms with E-state index in [0.29, 0.717) is 25.6 Å². The molecule has 0 saturated carbocycles. The maximum Gasteiger partial charge on any atom is 0.236 e. The molecule has 0 N–H and O–H groups in total. The molecule has 31 heavy (non-hydrogen) atoms. The van der Waals surface area contributed by atoms with E-state index < -0.39 is 0 Å². The Morgan fingerprint density at radius 1 is 1.19 bits per heavy atom. The molecule has 1 fully saturated rings. The molecule has 2 aliphatic heterocycles. The Kier molecular flexibility index (Phi) is 5.78. The lowest BCUT2D eigenvalue weighted by molar-refractivity contribution is -0.132. The first-order valence-corrected chi connectivity index (χ1v) is 11.7. The van der Waals surface area contributed by atoms with Crippen LogP contribution in [0.15, 0.2) is 48.5 Å². The van der Waals surface area contributed by atoms with Crippen LogP contribution in [0, 0.1) is 0 Å². The summed E-state index contributed by atoms with van der Waals surface area (Å²) in [5.41, 5.74) is 1.08. The van der Waals surface area contributed by atoms with Crippen LogP contribution in [0.1, 0.15) is 23.8 Å². The number of piperidine rings is 1. The number of carbonyl (C=O) groups excluding carboxylic acids is 1. The molecule has 3 aromatic rings. The zero-order valence-electron chi connectivity index (χ0n) is 17.7. The number of carbonyl (C=O) groups is 1. The topological polar surface area (TPSA) is 54.9 Å². The van der Waals surface area contributed by atoms with Gasteiger partial charge in [-0.1, -0.05) is 24.3 Å². The Hall–Kier alpha value is -2.64. The number of benzene rings is 2. The fourth-order valence-electron chi connectivity index (χ4n) is 4.34. The van der Waals surface area contributed by atoms with Gasteiger partial charge in [-0.15, -0.1) is 11.3 Å². The first-order valence-electron chi connectivity index (χ1n) is 10.9. The number of amides is 1. The van der Waals surface area contributed by atoms with Gasteiger partial charge in [-0.2, -0.15) is 0 Å². The number of fused-ring (bicyclic) bond motifs is 2. The summed E-state index contributed by atoms with van der Waals surface area (Å²) < 4.78 is 13.0. The summed E-state index contributed by atoms with van der Waals surface area (Å²) in [6.07, 6.45) is 2.07. The second kappa shape index (κ2) is 8.85. The third-order valence-electron chi connectivity index (χ3n) is 5.99. The van der Waals surface area contributed by atoms with Gasteiger partial charge < -0.3 is 14.4 Å². The molecule has 1 amide bonds. The molecule has 1 aromatic heterocycles. The summed E-state index contributed by atoms with van der Waals surface area (Å²) in [6, 6.07) is 16.0. The number of ether oxygens (including phenoxy) is 2. The smallest absolute Gasteiger partial charge is 0.236 e. The molecule has 0 unspecified atom stereocenters. The molecule has 0 spiro atoms. The highest BCUT2D eigenvalue weighted by Crippen LogP contribution is 2.33. The number of rotatable bonds is 5. The molecule has 2 aromatic carbocycles. The first kappa shape index (κ1) is 20.3. The second-order valence-corrected chi connectivity index (χ2v) is 9.43. The fourth-order valence-corrected chi connectivity index (χ4v) is 5.43. The van der Waals surface area contributed by atoms with Crippen molar-refractivity contribution in [3.63, 3.8) is 0 Å². The van der Waals surface area contributed by atoms with Crippen molar-refractivity contribution in [2.75, 3.05) is 39.8 Å². The van der Waals surface area contributed by atoms with Gasteiger partial charge in [0.1, 0.15) is 6.61 Å². The van der Waals surface area contributed by atoms with Gasteiger partial charge in [0.25, 0.3) is 0 Å². The lowest BCUT2D eigenvalue weighted by Crippen LogP contribution is -2.46. The average Bonchev–Trinajstić information content (AvgIpc) is 3.23. The lowest BCUT2D eigenvalue weighted by Gasteiger charge is -2.33. The van der Waals surface area contributed by atoms with Gasteiger partial charge in [0.05, 0.1) is 28.3 Å². The van der Waals surface area contributed by atoms with E-state index in [1.165, 1.54) is 9.71 Å². The van der Waals surface area contributed by atoms with E-state index in [4.69, 9.17) is 14.5 Å². The van der Waals surface area contributed by atoms with Gasteiger partial charge in [0.2, 0.25) is 5.91 Å². The SMILES string of the molecule is CN(C[C@H]1COc2ccccc2O1)C(=O)CN1CCC[C@H](c2nc3ccccc3s2)C1. The molecule has 0 aliphatic carbocycles. The normalized spacial score (nSPS) is 21.2. The van der Waals surface area contributed by atoms with Crippen LogP contribution in [-0.4, -0.2) is 66.6 Å². The van der Waals surface area contributed by atoms with E-state index in [1.54, 1.807) is 16.2 Å². The largest absolute Gasteiger partial charge is 0.486 e. The van der Waals surface area contributed by atoms with Crippen LogP contribution < -0.4 is 9.47 Å². The number of likely N-dealkylation sites (tertiary alicyclic amines) is 1. The number of nitrogens with zero attached hydrogens (tertiary/aromatic N) is 3. The Balaban J connectivity index is 1.16. The molecule has 2 atom stereocenters. The van der Waals surface area contributed by atoms with E-state index >= 15 is 0 Å². The number of para-hydroxylation sites is 3. The quantitative estimate of drug-likeness (QED) is 0.608. The Morgan fingerprint density at radius 2 is 2.00 bits per heavy atom. The third kappa shape index (κ3) is 4.52. The van der Waals surface area contributed by atoms with Crippen molar-refractivity contribution in [3.05, 3.63) is 53.5 Å². The van der Waals surface area contributed by atoms with Crippen molar-refractivity contribution in [3.8, 4) is 11.5 Å². The van der Waals surface area contributed by atoms with Crippen LogP contribution >= 0.6 is 11.3 Å². The van der Waals surface area contributed by atoms with Crippen LogP contribution in [0.2, 0.25) is 0 Å². The monoisotopic (exact) mass is 437 g/mol. The van der Waals surface area contributed by atoms with E-state index in [2.05, 4.69) is 23.1 Å². The molecule has 162 valence electrons. The van der Waals surface area contributed by atoms with Crippen molar-refractivity contribution >= 4 is 27.5 Å². The molecule has 1 saturated heterocycles. The number of aromatic nitrogens is 1. The number of thiazole rings is 1. The molecule has 0 radical (unpaired) electrons. The van der Waals surface area contributed by atoms with Crippen molar-refractivity contribution in [2.24, 2.45) is 0 Å². The highest BCUT2D eigenvalue weighted by atomic mass is 32.1. The van der Waals surface area contributed by atoms with E-state index in [9.17, 15) is 4.79 Å². The highest BCUT2D eigenvalue weighted by Gasteiger charge is 2.28. The highest BCUT2D eigenvalue weighted by molar-refractivity contribution is 7.18. The summed E-state index contributed by atoms with van der Waals surface area (Å²) in [5.74, 6) is 2.03. The Bertz CT molecular complexity index is 1040. The van der Waals surface area contributed by atoms with Crippen LogP contribution in [-0.2, 0) is 4.79 Å². The molecular formula is C24H27N3O3S. The van der Waals surface area contributed by atoms with Gasteiger partial charge >= 0.3 is 0 Å². The number of likely N-dealkylation sites (N-methyl/N-ethyl adjacent to an activating group) is 1. The van der Waals surface area contributed by atoms with Crippen molar-refractivity contribution < 1.29 is 14.3 Å². The fraction of sp³-hybridized carbons (Fsp3) is 0.417. The summed E-state index contributed by atoms with van der Waals surface area (Å²) in [5, 5.41) is 1.19. The summed E-state index contributed by atoms with van der Waals surface area (Å²) in [4.78, 5) is 21.8. The molecule has 0 bridgehead atoms. The number of hydrogen-bond acceptors (Lipinski definition) is 6. The predicted octanol–water partition coefficient (Wildman–Crippen LogP) is 3.77. The standard InChI is InChI=1S/C24H27N3O3S/c1-26(14-18-16-29-20-9-3-4-10-21(20)30-18)23(28)15-27-12-6-7-17(13-27)24-25-19-8-2-5-11-22(19)31-24/h2-5,8-11,17-18H,6-7,12-16H2,1H3/t17-,18-/m0/s1. The van der Waals surface area contributed by atoms with Gasteiger partial charge in [-0.25, -0.2) is 4.98 Å². The maximum atomic E-state index is 12.9. The summed E-state index contributed by atoms with van der Waals surface area (Å²) >= 11 is 1.79. The van der Waals surface area contributed by atoms with Crippen molar-refractivity contribution in [1.82, 2.24) is 14.8 Å². The molecule has 2 aliphatic rings. The maximum absolute atomic E-state index is 12.9. The van der Waals surface area contributed by atoms with Crippen LogP contribution in [0.5, 0.6) is 11.5 Å². The van der Waals surface area contributed by atoms with E-state index in [0.717, 1.165) is 42.9 Å². The third-order valence-corrected chi connectivity index (χ3v) is 7.19. The minimum absolute atomic E-state index is 0.118. The number of hydrogen-bond donors (Lipinski definition) is 0. The van der Waals surface area contributed by atoms with Gasteiger partial charge in [0, 0.05) is 19.5 Å². The van der Waals surface area contributed by atoms with Crippen LogP contribution in [0.25, 0.3) is 10.2 Å². The lowest BCUT2D eigenvalue weighted by atomic mass is 9.99. The second-order valence-electron chi connectivity index (χ2n) is 8.37. The molecule has 7 heteroatoms. The minimum Gasteiger partial charge on any atom is -0.486 e. The average molecular weight is 438 g/mol. The van der Waals surface area contributed by atoms with Crippen molar-refractivity contribution in [1.29, 1.82) is 0 Å². The molecular weight excluding hydrogens is 410 g/mol. The molecule has 5 rings (SSSR count). The first-order chi connectivity index (χ1) is 15.2. The zero-order valence-corrected chi connectivity index (χ0v) is 18.5. The molecule has 3 heterocycles. The summed E-state index contributed by atoms with van der Waals surface area (Å²) in [6.45, 7) is 3.25. The molecule has 6 nitrogen and oxygen atoms in total. The van der Waals surface area contributed by atoms with Gasteiger partial charge in [-0.05, 0) is 43.7 Å². The van der Waals surface area contributed by atoms with Crippen molar-refractivity contribution in [2.45, 2.75) is 24.9 Å². The summed E-state index contributed by atoms with van der Waals surface area (Å²) in [7, 11) is 1.85. The van der Waals surface area contributed by atoms with E-state index in [1.807, 2.05) is 37.4 Å². The van der Waals surface area contributed by atoms with Crippen LogP contribution in [0.4, 0.5) is 0 Å². The van der Waals surface area contributed by atoms with Crippen LogP contribution in [0.3, 0.4) is 0 Å². The van der Waals surface area contributed by atoms with Gasteiger partial charge in [-0.3, -0.25) is 9.69 Å².